The third kappa shape index (κ3) is 5.05. The summed E-state index contributed by atoms with van der Waals surface area (Å²) in [4.78, 5) is 2.01. The molecule has 0 amide bonds. The summed E-state index contributed by atoms with van der Waals surface area (Å²) in [6, 6.07) is 0. The quantitative estimate of drug-likeness (QED) is 0.454. The van der Waals surface area contributed by atoms with Crippen LogP contribution in [-0.4, -0.2) is 32.5 Å². The Balaban J connectivity index is 4.13. The number of thiol groups is 1. The highest BCUT2D eigenvalue weighted by atomic mass is 32.2. The summed E-state index contributed by atoms with van der Waals surface area (Å²) >= 11 is 15.8. The van der Waals surface area contributed by atoms with Crippen LogP contribution in [0.15, 0.2) is 0 Å². The zero-order chi connectivity index (χ0) is 10.4. The Hall–Kier alpha value is 0.480. The number of nitrogens with one attached hydrogen (secondary N) is 1. The first-order valence-electron chi connectivity index (χ1n) is 3.90. The Kier molecular flexibility index (Phi) is 7.12. The van der Waals surface area contributed by atoms with E-state index < -0.39 is 0 Å². The Morgan fingerprint density at radius 1 is 1.62 bits per heavy atom. The van der Waals surface area contributed by atoms with Crippen molar-refractivity contribution >= 4 is 57.5 Å². The van der Waals surface area contributed by atoms with Crippen LogP contribution >= 0.6 is 48.8 Å². The molecule has 0 aromatic carbocycles. The van der Waals surface area contributed by atoms with Gasteiger partial charge in [-0.3, -0.25) is 0 Å². The molecule has 0 aromatic heterocycles. The maximum atomic E-state index is 5.04. The monoisotopic (exact) mass is 254 g/mol. The molecule has 0 rings (SSSR count). The van der Waals surface area contributed by atoms with E-state index in [1.165, 1.54) is 0 Å². The van der Waals surface area contributed by atoms with Crippen LogP contribution in [0.3, 0.4) is 0 Å². The van der Waals surface area contributed by atoms with Crippen LogP contribution in [0.5, 0.6) is 0 Å². The molecule has 1 N–H and O–H groups in total. The molecule has 0 saturated heterocycles. The molecule has 0 aliphatic heterocycles. The van der Waals surface area contributed by atoms with Gasteiger partial charge in [-0.2, -0.15) is 0 Å². The SMILES string of the molecule is CCN(C(=S)S)C(C)SC(=S)NC. The van der Waals surface area contributed by atoms with E-state index in [9.17, 15) is 0 Å². The van der Waals surface area contributed by atoms with Crippen molar-refractivity contribution in [3.05, 3.63) is 0 Å². The van der Waals surface area contributed by atoms with E-state index in [1.807, 2.05) is 18.9 Å². The fraction of sp³-hybridized carbons (Fsp3) is 0.714. The summed E-state index contributed by atoms with van der Waals surface area (Å²) in [5.74, 6) is 0. The Bertz CT molecular complexity index is 195. The van der Waals surface area contributed by atoms with Crippen molar-refractivity contribution < 1.29 is 0 Å². The molecule has 0 radical (unpaired) electrons. The van der Waals surface area contributed by atoms with Gasteiger partial charge in [0.2, 0.25) is 0 Å². The molecule has 13 heavy (non-hydrogen) atoms. The number of nitrogens with zero attached hydrogens (tertiary/aromatic N) is 1. The highest BCUT2D eigenvalue weighted by Gasteiger charge is 2.14. The molecule has 0 aliphatic carbocycles. The van der Waals surface area contributed by atoms with Crippen molar-refractivity contribution in [1.29, 1.82) is 0 Å². The normalized spacial score (nSPS) is 12.0. The summed E-state index contributed by atoms with van der Waals surface area (Å²) in [6.45, 7) is 4.95. The molecule has 0 saturated carbocycles. The van der Waals surface area contributed by atoms with E-state index >= 15 is 0 Å². The van der Waals surface area contributed by atoms with Gasteiger partial charge in [-0.1, -0.05) is 36.2 Å². The van der Waals surface area contributed by atoms with Crippen LogP contribution in [0, 0.1) is 0 Å². The lowest BCUT2D eigenvalue weighted by atomic mass is 10.6. The third-order valence-electron chi connectivity index (χ3n) is 1.51. The highest BCUT2D eigenvalue weighted by Crippen LogP contribution is 2.17. The first-order chi connectivity index (χ1) is 6.02. The van der Waals surface area contributed by atoms with Crippen molar-refractivity contribution in [2.24, 2.45) is 0 Å². The van der Waals surface area contributed by atoms with E-state index in [1.54, 1.807) is 11.8 Å². The molecule has 0 aromatic rings. The van der Waals surface area contributed by atoms with Crippen LogP contribution in [0.25, 0.3) is 0 Å². The molecule has 2 nitrogen and oxygen atoms in total. The Labute approximate surface area is 100 Å². The zero-order valence-corrected chi connectivity index (χ0v) is 11.2. The van der Waals surface area contributed by atoms with E-state index in [0.29, 0.717) is 4.32 Å². The molecule has 6 heteroatoms. The van der Waals surface area contributed by atoms with Gasteiger partial charge in [0, 0.05) is 13.6 Å². The fourth-order valence-corrected chi connectivity index (χ4v) is 2.80. The molecule has 0 heterocycles. The predicted molar refractivity (Wildman–Crippen MR) is 72.7 cm³/mol. The summed E-state index contributed by atoms with van der Waals surface area (Å²) < 4.78 is 1.39. The molecule has 0 bridgehead atoms. The van der Waals surface area contributed by atoms with Gasteiger partial charge >= 0.3 is 0 Å². The molecule has 1 unspecified atom stereocenters. The molecule has 76 valence electrons. The van der Waals surface area contributed by atoms with Crippen molar-refractivity contribution in [3.63, 3.8) is 0 Å². The average Bonchev–Trinajstić information content (AvgIpc) is 2.04. The van der Waals surface area contributed by atoms with Gasteiger partial charge in [0.05, 0.1) is 5.37 Å². The Morgan fingerprint density at radius 2 is 2.15 bits per heavy atom. The third-order valence-corrected chi connectivity index (χ3v) is 3.51. The van der Waals surface area contributed by atoms with Crippen molar-refractivity contribution in [2.45, 2.75) is 19.2 Å². The predicted octanol–water partition coefficient (Wildman–Crippen LogP) is 2.11. The summed E-state index contributed by atoms with van der Waals surface area (Å²) in [7, 11) is 1.82. The van der Waals surface area contributed by atoms with Crippen LogP contribution < -0.4 is 5.32 Å². The van der Waals surface area contributed by atoms with Crippen molar-refractivity contribution in [1.82, 2.24) is 10.2 Å². The molecule has 1 atom stereocenters. The minimum atomic E-state index is 0.231. The lowest BCUT2D eigenvalue weighted by molar-refractivity contribution is 0.452. The number of rotatable bonds is 3. The summed E-state index contributed by atoms with van der Waals surface area (Å²) in [5.41, 5.74) is 0. The maximum Gasteiger partial charge on any atom is 0.135 e. The standard InChI is InChI=1S/C7H14N2S4/c1-4-9(7(11)12)5(2)13-6(10)8-3/h5H,4H2,1-3H3,(H,8,10)(H,11,12). The van der Waals surface area contributed by atoms with E-state index in [0.717, 1.165) is 10.9 Å². The van der Waals surface area contributed by atoms with E-state index in [-0.39, 0.29) is 5.37 Å². The number of thiocarbonyl (C=S) groups is 2. The van der Waals surface area contributed by atoms with Crippen LogP contribution in [0.1, 0.15) is 13.8 Å². The van der Waals surface area contributed by atoms with Crippen molar-refractivity contribution in [2.75, 3.05) is 13.6 Å². The first-order valence-corrected chi connectivity index (χ1v) is 6.05. The average molecular weight is 254 g/mol. The number of thioether (sulfide) groups is 1. The number of hydrogen-bond acceptors (Lipinski definition) is 3. The topological polar surface area (TPSA) is 15.3 Å². The molecule has 0 fully saturated rings. The second-order valence-corrected chi connectivity index (χ2v) is 5.43. The molecular formula is C7H14N2S4. The van der Waals surface area contributed by atoms with Crippen molar-refractivity contribution in [3.8, 4) is 0 Å². The fourth-order valence-electron chi connectivity index (χ4n) is 0.825. The van der Waals surface area contributed by atoms with Gasteiger partial charge < -0.3 is 10.2 Å². The van der Waals surface area contributed by atoms with Gasteiger partial charge in [-0.05, 0) is 13.8 Å². The highest BCUT2D eigenvalue weighted by molar-refractivity contribution is 8.23. The molecular weight excluding hydrogens is 240 g/mol. The second-order valence-electron chi connectivity index (χ2n) is 2.32. The first kappa shape index (κ1) is 13.5. The van der Waals surface area contributed by atoms with Crippen LogP contribution in [0.4, 0.5) is 0 Å². The van der Waals surface area contributed by atoms with Crippen LogP contribution in [-0.2, 0) is 0 Å². The zero-order valence-electron chi connectivity index (χ0n) is 7.90. The van der Waals surface area contributed by atoms with E-state index in [2.05, 4.69) is 24.9 Å². The minimum Gasteiger partial charge on any atom is -0.374 e. The van der Waals surface area contributed by atoms with Gasteiger partial charge in [-0.25, -0.2) is 0 Å². The second kappa shape index (κ2) is 6.86. The Morgan fingerprint density at radius 3 is 2.46 bits per heavy atom. The largest absolute Gasteiger partial charge is 0.374 e. The maximum absolute atomic E-state index is 5.04. The number of hydrogen-bond donors (Lipinski definition) is 2. The smallest absolute Gasteiger partial charge is 0.135 e. The lowest BCUT2D eigenvalue weighted by Gasteiger charge is -2.27. The van der Waals surface area contributed by atoms with Gasteiger partial charge in [-0.15, -0.1) is 12.6 Å². The molecule has 0 aliphatic rings. The van der Waals surface area contributed by atoms with Gasteiger partial charge in [0.25, 0.3) is 0 Å². The van der Waals surface area contributed by atoms with E-state index in [4.69, 9.17) is 24.4 Å². The lowest BCUT2D eigenvalue weighted by Crippen LogP contribution is -2.34. The minimum absolute atomic E-state index is 0.231. The summed E-state index contributed by atoms with van der Waals surface area (Å²) in [5, 5.41) is 3.14. The van der Waals surface area contributed by atoms with Gasteiger partial charge in [0.15, 0.2) is 0 Å². The van der Waals surface area contributed by atoms with Gasteiger partial charge in [0.1, 0.15) is 8.64 Å². The van der Waals surface area contributed by atoms with Crippen LogP contribution in [0.2, 0.25) is 0 Å². The summed E-state index contributed by atoms with van der Waals surface area (Å²) in [6.07, 6.45) is 0. The molecule has 0 spiro atoms.